The molecule has 0 bridgehead atoms. The SMILES string of the molecule is CCN(C)CCC(CN)OC. The number of nitrogens with two attached hydrogens (primary N) is 1. The van der Waals surface area contributed by atoms with Crippen LogP contribution in [0.3, 0.4) is 0 Å². The van der Waals surface area contributed by atoms with E-state index in [2.05, 4.69) is 18.9 Å². The maximum Gasteiger partial charge on any atom is 0.0705 e. The van der Waals surface area contributed by atoms with Crippen LogP contribution in [-0.2, 0) is 4.74 Å². The molecule has 0 aliphatic heterocycles. The van der Waals surface area contributed by atoms with Crippen LogP contribution in [0.25, 0.3) is 0 Å². The van der Waals surface area contributed by atoms with Crippen molar-refractivity contribution in [2.45, 2.75) is 19.4 Å². The molecule has 3 heteroatoms. The van der Waals surface area contributed by atoms with E-state index in [-0.39, 0.29) is 6.10 Å². The molecule has 1 atom stereocenters. The van der Waals surface area contributed by atoms with Crippen LogP contribution in [-0.4, -0.2) is 44.8 Å². The van der Waals surface area contributed by atoms with Gasteiger partial charge in [0.2, 0.25) is 0 Å². The van der Waals surface area contributed by atoms with E-state index in [1.165, 1.54) is 0 Å². The predicted molar refractivity (Wildman–Crippen MR) is 47.6 cm³/mol. The molecule has 0 saturated carbocycles. The van der Waals surface area contributed by atoms with E-state index in [9.17, 15) is 0 Å². The zero-order valence-electron chi connectivity index (χ0n) is 7.84. The Morgan fingerprint density at radius 1 is 1.55 bits per heavy atom. The standard InChI is InChI=1S/C8H20N2O/c1-4-10(2)6-5-8(7-9)11-3/h8H,4-7,9H2,1-3H3. The fraction of sp³-hybridized carbons (Fsp3) is 1.00. The highest BCUT2D eigenvalue weighted by molar-refractivity contribution is 4.60. The topological polar surface area (TPSA) is 38.5 Å². The fourth-order valence-electron chi connectivity index (χ4n) is 0.854. The van der Waals surface area contributed by atoms with Gasteiger partial charge in [-0.3, -0.25) is 0 Å². The molecule has 0 aromatic heterocycles. The summed E-state index contributed by atoms with van der Waals surface area (Å²) in [4.78, 5) is 2.25. The summed E-state index contributed by atoms with van der Waals surface area (Å²) in [5, 5.41) is 0. The highest BCUT2D eigenvalue weighted by atomic mass is 16.5. The monoisotopic (exact) mass is 160 g/mol. The maximum atomic E-state index is 5.47. The second kappa shape index (κ2) is 6.58. The molecule has 2 N–H and O–H groups in total. The summed E-state index contributed by atoms with van der Waals surface area (Å²) in [6.07, 6.45) is 1.25. The summed E-state index contributed by atoms with van der Waals surface area (Å²) < 4.78 is 5.14. The van der Waals surface area contributed by atoms with Crippen molar-refractivity contribution in [1.82, 2.24) is 4.90 Å². The van der Waals surface area contributed by atoms with Crippen LogP contribution in [0, 0.1) is 0 Å². The first-order valence-electron chi connectivity index (χ1n) is 4.16. The molecule has 0 aliphatic rings. The van der Waals surface area contributed by atoms with Gasteiger partial charge in [-0.2, -0.15) is 0 Å². The summed E-state index contributed by atoms with van der Waals surface area (Å²) in [5.41, 5.74) is 5.47. The fourth-order valence-corrected chi connectivity index (χ4v) is 0.854. The minimum Gasteiger partial charge on any atom is -0.380 e. The molecule has 1 unspecified atom stereocenters. The molecular formula is C8H20N2O. The van der Waals surface area contributed by atoms with Crippen molar-refractivity contribution in [3.63, 3.8) is 0 Å². The van der Waals surface area contributed by atoms with Gasteiger partial charge in [-0.1, -0.05) is 6.92 Å². The van der Waals surface area contributed by atoms with Gasteiger partial charge in [-0.25, -0.2) is 0 Å². The molecule has 0 amide bonds. The Labute approximate surface area is 69.5 Å². The summed E-state index contributed by atoms with van der Waals surface area (Å²) in [6, 6.07) is 0. The van der Waals surface area contributed by atoms with Gasteiger partial charge in [0.1, 0.15) is 0 Å². The molecule has 0 aliphatic carbocycles. The lowest BCUT2D eigenvalue weighted by molar-refractivity contribution is 0.0932. The molecule has 0 fully saturated rings. The van der Waals surface area contributed by atoms with Gasteiger partial charge in [0, 0.05) is 20.2 Å². The van der Waals surface area contributed by atoms with Crippen LogP contribution in [0.15, 0.2) is 0 Å². The molecule has 0 aromatic carbocycles. The molecule has 3 nitrogen and oxygen atoms in total. The second-order valence-corrected chi connectivity index (χ2v) is 2.78. The quantitative estimate of drug-likeness (QED) is 0.607. The van der Waals surface area contributed by atoms with Crippen molar-refractivity contribution in [2.24, 2.45) is 5.73 Å². The van der Waals surface area contributed by atoms with Crippen LogP contribution < -0.4 is 5.73 Å². The zero-order valence-corrected chi connectivity index (χ0v) is 7.84. The first kappa shape index (κ1) is 10.9. The Morgan fingerprint density at radius 2 is 2.18 bits per heavy atom. The number of hydrogen-bond donors (Lipinski definition) is 1. The molecule has 11 heavy (non-hydrogen) atoms. The van der Waals surface area contributed by atoms with Crippen molar-refractivity contribution >= 4 is 0 Å². The average molecular weight is 160 g/mol. The van der Waals surface area contributed by atoms with Crippen molar-refractivity contribution in [3.05, 3.63) is 0 Å². The molecule has 0 aromatic rings. The lowest BCUT2D eigenvalue weighted by Gasteiger charge is -2.17. The predicted octanol–water partition coefficient (Wildman–Crippen LogP) is 0.302. The summed E-state index contributed by atoms with van der Waals surface area (Å²) in [7, 11) is 3.81. The Balaban J connectivity index is 3.34. The highest BCUT2D eigenvalue weighted by Gasteiger charge is 2.04. The number of rotatable bonds is 6. The summed E-state index contributed by atoms with van der Waals surface area (Å²) in [6.45, 7) is 4.91. The van der Waals surface area contributed by atoms with E-state index < -0.39 is 0 Å². The van der Waals surface area contributed by atoms with Gasteiger partial charge in [0.05, 0.1) is 6.10 Å². The van der Waals surface area contributed by atoms with E-state index in [1.54, 1.807) is 7.11 Å². The Bertz CT molecular complexity index is 84.2. The Morgan fingerprint density at radius 3 is 2.55 bits per heavy atom. The van der Waals surface area contributed by atoms with Gasteiger partial charge in [-0.05, 0) is 20.0 Å². The third kappa shape index (κ3) is 5.18. The van der Waals surface area contributed by atoms with E-state index in [4.69, 9.17) is 10.5 Å². The molecular weight excluding hydrogens is 140 g/mol. The van der Waals surface area contributed by atoms with Crippen molar-refractivity contribution in [2.75, 3.05) is 33.8 Å². The van der Waals surface area contributed by atoms with Crippen molar-refractivity contribution in [3.8, 4) is 0 Å². The molecule has 0 saturated heterocycles. The second-order valence-electron chi connectivity index (χ2n) is 2.78. The minimum absolute atomic E-state index is 0.226. The van der Waals surface area contributed by atoms with Crippen molar-refractivity contribution in [1.29, 1.82) is 0 Å². The summed E-state index contributed by atoms with van der Waals surface area (Å²) >= 11 is 0. The largest absolute Gasteiger partial charge is 0.380 e. The van der Waals surface area contributed by atoms with Gasteiger partial charge in [0.25, 0.3) is 0 Å². The minimum atomic E-state index is 0.226. The van der Waals surface area contributed by atoms with E-state index in [1.807, 2.05) is 0 Å². The smallest absolute Gasteiger partial charge is 0.0705 e. The van der Waals surface area contributed by atoms with Gasteiger partial charge in [-0.15, -0.1) is 0 Å². The normalized spacial score (nSPS) is 13.9. The molecule has 68 valence electrons. The van der Waals surface area contributed by atoms with Crippen LogP contribution in [0.4, 0.5) is 0 Å². The van der Waals surface area contributed by atoms with E-state index >= 15 is 0 Å². The van der Waals surface area contributed by atoms with E-state index in [0.717, 1.165) is 19.5 Å². The molecule has 0 rings (SSSR count). The first-order chi connectivity index (χ1) is 5.24. The van der Waals surface area contributed by atoms with Gasteiger partial charge in [0.15, 0.2) is 0 Å². The summed E-state index contributed by atoms with van der Waals surface area (Å²) in [5.74, 6) is 0. The third-order valence-corrected chi connectivity index (χ3v) is 1.97. The highest BCUT2D eigenvalue weighted by Crippen LogP contribution is 1.96. The Hall–Kier alpha value is -0.120. The lowest BCUT2D eigenvalue weighted by atomic mass is 10.2. The van der Waals surface area contributed by atoms with Gasteiger partial charge < -0.3 is 15.4 Å². The van der Waals surface area contributed by atoms with Crippen LogP contribution in [0.1, 0.15) is 13.3 Å². The molecule has 0 heterocycles. The number of nitrogens with zero attached hydrogens (tertiary/aromatic N) is 1. The van der Waals surface area contributed by atoms with Crippen LogP contribution in [0.5, 0.6) is 0 Å². The number of ether oxygens (including phenoxy) is 1. The zero-order chi connectivity index (χ0) is 8.69. The van der Waals surface area contributed by atoms with Crippen LogP contribution >= 0.6 is 0 Å². The molecule has 0 radical (unpaired) electrons. The van der Waals surface area contributed by atoms with Gasteiger partial charge >= 0.3 is 0 Å². The molecule has 0 spiro atoms. The average Bonchev–Trinajstić information content (AvgIpc) is 2.06. The van der Waals surface area contributed by atoms with Crippen molar-refractivity contribution < 1.29 is 4.74 Å². The maximum absolute atomic E-state index is 5.47. The first-order valence-corrected chi connectivity index (χ1v) is 4.16. The number of hydrogen-bond acceptors (Lipinski definition) is 3. The Kier molecular flexibility index (Phi) is 6.51. The van der Waals surface area contributed by atoms with E-state index in [0.29, 0.717) is 6.54 Å². The third-order valence-electron chi connectivity index (χ3n) is 1.97. The lowest BCUT2D eigenvalue weighted by Crippen LogP contribution is -2.28. The van der Waals surface area contributed by atoms with Crippen LogP contribution in [0.2, 0.25) is 0 Å². The number of methoxy groups -OCH3 is 1.